The van der Waals surface area contributed by atoms with Gasteiger partial charge in [0.05, 0.1) is 44.1 Å². The highest BCUT2D eigenvalue weighted by atomic mass is 16.5. The van der Waals surface area contributed by atoms with Gasteiger partial charge in [-0.2, -0.15) is 5.10 Å². The molecule has 0 aliphatic rings. The molecular formula is C25H24N2O4. The molecule has 31 heavy (non-hydrogen) atoms. The van der Waals surface area contributed by atoms with Crippen molar-refractivity contribution in [3.8, 4) is 17.0 Å². The molecule has 0 aliphatic carbocycles. The van der Waals surface area contributed by atoms with E-state index in [1.807, 2.05) is 72.8 Å². The monoisotopic (exact) mass is 416 g/mol. The Kier molecular flexibility index (Phi) is 6.40. The Morgan fingerprint density at radius 3 is 2.39 bits per heavy atom. The fraction of sp³-hybridized carbons (Fsp3) is 0.200. The van der Waals surface area contributed by atoms with Crippen molar-refractivity contribution in [3.05, 3.63) is 94.8 Å². The van der Waals surface area contributed by atoms with E-state index in [2.05, 4.69) is 5.10 Å². The number of aliphatic hydroxyl groups excluding tert-OH is 1. The van der Waals surface area contributed by atoms with Crippen molar-refractivity contribution in [3.63, 3.8) is 0 Å². The van der Waals surface area contributed by atoms with Crippen molar-refractivity contribution in [2.75, 3.05) is 13.7 Å². The Morgan fingerprint density at radius 2 is 1.61 bits per heavy atom. The third kappa shape index (κ3) is 4.66. The lowest BCUT2D eigenvalue weighted by atomic mass is 10.1. The van der Waals surface area contributed by atoms with Gasteiger partial charge in [0.2, 0.25) is 0 Å². The lowest BCUT2D eigenvalue weighted by molar-refractivity contribution is 0.0176. The number of benzene rings is 3. The van der Waals surface area contributed by atoms with Gasteiger partial charge >= 0.3 is 0 Å². The maximum absolute atomic E-state index is 13.0. The summed E-state index contributed by atoms with van der Waals surface area (Å²) in [7, 11) is 1.61. The smallest absolute Gasteiger partial charge is 0.274 e. The zero-order valence-corrected chi connectivity index (χ0v) is 17.3. The number of hydrogen-bond donors (Lipinski definition) is 1. The number of hydrogen-bond acceptors (Lipinski definition) is 5. The highest BCUT2D eigenvalue weighted by molar-refractivity contribution is 5.93. The van der Waals surface area contributed by atoms with Crippen LogP contribution >= 0.6 is 0 Å². The highest BCUT2D eigenvalue weighted by Crippen LogP contribution is 2.24. The van der Waals surface area contributed by atoms with E-state index in [0.717, 1.165) is 22.3 Å². The van der Waals surface area contributed by atoms with Crippen LogP contribution in [0.25, 0.3) is 22.0 Å². The van der Waals surface area contributed by atoms with Crippen LogP contribution in [-0.2, 0) is 17.9 Å². The number of nitrogens with zero attached hydrogens (tertiary/aromatic N) is 2. The summed E-state index contributed by atoms with van der Waals surface area (Å²) < 4.78 is 12.3. The summed E-state index contributed by atoms with van der Waals surface area (Å²) in [6, 6.07) is 24.7. The Balaban J connectivity index is 1.54. The Labute approximate surface area is 180 Å². The zero-order chi connectivity index (χ0) is 21.6. The van der Waals surface area contributed by atoms with Crippen LogP contribution in [0.2, 0.25) is 0 Å². The van der Waals surface area contributed by atoms with Crippen LogP contribution in [-0.4, -0.2) is 34.7 Å². The third-order valence-corrected chi connectivity index (χ3v) is 5.06. The lowest BCUT2D eigenvalue weighted by Gasteiger charge is -2.15. The molecule has 158 valence electrons. The summed E-state index contributed by atoms with van der Waals surface area (Å²) in [6.45, 7) is 0.408. The molecule has 0 saturated heterocycles. The summed E-state index contributed by atoms with van der Waals surface area (Å²) in [5.74, 6) is 0.733. The van der Waals surface area contributed by atoms with Crippen molar-refractivity contribution in [2.45, 2.75) is 19.3 Å². The molecule has 1 atom stereocenters. The van der Waals surface area contributed by atoms with E-state index in [4.69, 9.17) is 9.47 Å². The average molecular weight is 416 g/mol. The van der Waals surface area contributed by atoms with Crippen LogP contribution in [0.1, 0.15) is 5.56 Å². The third-order valence-electron chi connectivity index (χ3n) is 5.06. The quantitative estimate of drug-likeness (QED) is 0.475. The van der Waals surface area contributed by atoms with Gasteiger partial charge in [-0.25, -0.2) is 4.68 Å². The average Bonchev–Trinajstić information content (AvgIpc) is 2.82. The number of aromatic nitrogens is 2. The van der Waals surface area contributed by atoms with Gasteiger partial charge in [0.25, 0.3) is 5.56 Å². The molecular weight excluding hydrogens is 392 g/mol. The SMILES string of the molecule is COc1ccccc1COC[C@@H](O)Cn1nc(-c2ccccc2)c2ccccc2c1=O. The molecule has 6 nitrogen and oxygen atoms in total. The van der Waals surface area contributed by atoms with Crippen molar-refractivity contribution < 1.29 is 14.6 Å². The molecule has 3 aromatic carbocycles. The topological polar surface area (TPSA) is 73.6 Å². The molecule has 0 bridgehead atoms. The minimum absolute atomic E-state index is 0.0371. The van der Waals surface area contributed by atoms with E-state index >= 15 is 0 Å². The van der Waals surface area contributed by atoms with E-state index in [9.17, 15) is 9.90 Å². The van der Waals surface area contributed by atoms with Crippen molar-refractivity contribution in [2.24, 2.45) is 0 Å². The second-order valence-electron chi connectivity index (χ2n) is 7.23. The molecule has 4 rings (SSSR count). The second kappa shape index (κ2) is 9.55. The fourth-order valence-electron chi connectivity index (χ4n) is 3.55. The van der Waals surface area contributed by atoms with Crippen LogP contribution < -0.4 is 10.3 Å². The van der Waals surface area contributed by atoms with E-state index < -0.39 is 6.10 Å². The van der Waals surface area contributed by atoms with Gasteiger partial charge in [0.1, 0.15) is 5.75 Å². The van der Waals surface area contributed by atoms with Gasteiger partial charge in [-0.15, -0.1) is 0 Å². The highest BCUT2D eigenvalue weighted by Gasteiger charge is 2.15. The Bertz CT molecular complexity index is 1220. The molecule has 0 spiro atoms. The lowest BCUT2D eigenvalue weighted by Crippen LogP contribution is -2.31. The number of aliphatic hydroxyl groups is 1. The fourth-order valence-corrected chi connectivity index (χ4v) is 3.55. The summed E-state index contributed by atoms with van der Waals surface area (Å²) in [5, 5.41) is 16.4. The zero-order valence-electron chi connectivity index (χ0n) is 17.3. The summed E-state index contributed by atoms with van der Waals surface area (Å²) in [6.07, 6.45) is -0.885. The largest absolute Gasteiger partial charge is 0.496 e. The van der Waals surface area contributed by atoms with Crippen molar-refractivity contribution >= 4 is 10.8 Å². The predicted octanol–water partition coefficient (Wildman–Crippen LogP) is 3.65. The molecule has 6 heteroatoms. The van der Waals surface area contributed by atoms with Gasteiger partial charge in [-0.3, -0.25) is 4.79 Å². The Hall–Kier alpha value is -3.48. The maximum Gasteiger partial charge on any atom is 0.274 e. The number of para-hydroxylation sites is 1. The molecule has 0 fully saturated rings. The minimum Gasteiger partial charge on any atom is -0.496 e. The van der Waals surface area contributed by atoms with Crippen LogP contribution in [0.5, 0.6) is 5.75 Å². The van der Waals surface area contributed by atoms with Crippen LogP contribution in [0.4, 0.5) is 0 Å². The number of rotatable bonds is 8. The van der Waals surface area contributed by atoms with Gasteiger partial charge in [0.15, 0.2) is 0 Å². The molecule has 0 aliphatic heterocycles. The van der Waals surface area contributed by atoms with Gasteiger partial charge < -0.3 is 14.6 Å². The van der Waals surface area contributed by atoms with Crippen molar-refractivity contribution in [1.82, 2.24) is 9.78 Å². The molecule has 4 aromatic rings. The summed E-state index contributed by atoms with van der Waals surface area (Å²) >= 11 is 0. The normalized spacial score (nSPS) is 12.1. The molecule has 1 aromatic heterocycles. The maximum atomic E-state index is 13.0. The molecule has 0 unspecified atom stereocenters. The van der Waals surface area contributed by atoms with Crippen LogP contribution in [0.3, 0.4) is 0 Å². The Morgan fingerprint density at radius 1 is 0.935 bits per heavy atom. The molecule has 1 N–H and O–H groups in total. The number of methoxy groups -OCH3 is 1. The first-order valence-electron chi connectivity index (χ1n) is 10.1. The van der Waals surface area contributed by atoms with Crippen LogP contribution in [0.15, 0.2) is 83.7 Å². The second-order valence-corrected chi connectivity index (χ2v) is 7.23. The van der Waals surface area contributed by atoms with Crippen molar-refractivity contribution in [1.29, 1.82) is 0 Å². The van der Waals surface area contributed by atoms with Gasteiger partial charge in [-0.05, 0) is 12.1 Å². The van der Waals surface area contributed by atoms with E-state index in [1.54, 1.807) is 13.2 Å². The molecule has 0 amide bonds. The summed E-state index contributed by atoms with van der Waals surface area (Å²) in [4.78, 5) is 13.0. The minimum atomic E-state index is -0.885. The predicted molar refractivity (Wildman–Crippen MR) is 120 cm³/mol. The number of fused-ring (bicyclic) bond motifs is 1. The molecule has 0 radical (unpaired) electrons. The van der Waals surface area contributed by atoms with Crippen LogP contribution in [0, 0.1) is 0 Å². The van der Waals surface area contributed by atoms with Gasteiger partial charge in [-0.1, -0.05) is 66.7 Å². The first-order chi connectivity index (χ1) is 15.2. The first-order valence-corrected chi connectivity index (χ1v) is 10.1. The summed E-state index contributed by atoms with van der Waals surface area (Å²) in [5.41, 5.74) is 2.27. The van der Waals surface area contributed by atoms with E-state index in [1.165, 1.54) is 4.68 Å². The van der Waals surface area contributed by atoms with Gasteiger partial charge in [0, 0.05) is 16.5 Å². The molecule has 1 heterocycles. The molecule has 0 saturated carbocycles. The standard InChI is InChI=1S/C25H24N2O4/c1-30-23-14-8-5-11-19(23)16-31-17-20(28)15-27-25(29)22-13-7-6-12-21(22)24(26-27)18-9-3-2-4-10-18/h2-14,20,28H,15-17H2,1H3/t20-/m0/s1. The number of ether oxygens (including phenoxy) is 2. The van der Waals surface area contributed by atoms with E-state index in [-0.39, 0.29) is 18.7 Å². The first kappa shape index (κ1) is 20.8. The van der Waals surface area contributed by atoms with E-state index in [0.29, 0.717) is 17.7 Å².